The van der Waals surface area contributed by atoms with Crippen LogP contribution in [-0.2, 0) is 16.2 Å². The molecule has 3 heterocycles. The molecule has 2 atom stereocenters. The van der Waals surface area contributed by atoms with Gasteiger partial charge in [-0.1, -0.05) is 212 Å². The maximum absolute atomic E-state index is 2.81. The van der Waals surface area contributed by atoms with E-state index in [4.69, 9.17) is 0 Å². The molecule has 1 aliphatic carbocycles. The standard InChI is InChI=1S/C69H64BN3/c1-66(2,3)52-30-22-32-55(43-52)72-62-44-53(67(4,5)6)36-38-59(62)70-58-37-35-50(48-25-13-9-14-26-48)42-61(58)71(54-31-21-27-49(41-54)47-23-11-8-12-24-47)63-45-56(46-64(72)65(63)70)73-60-34-18-17-33-57(60)69(51-28-15-10-16-29-51)40-20-19-39-68(69,73)7/h8-18,21-38,41-46H,19-20,39-40H2,1-7H3. The lowest BCUT2D eigenvalue weighted by atomic mass is 9.33. The summed E-state index contributed by atoms with van der Waals surface area (Å²) in [5.41, 5.74) is 23.5. The van der Waals surface area contributed by atoms with Gasteiger partial charge in [0, 0.05) is 50.9 Å². The lowest BCUT2D eigenvalue weighted by Gasteiger charge is -2.53. The van der Waals surface area contributed by atoms with Crippen molar-refractivity contribution in [1.29, 1.82) is 0 Å². The van der Waals surface area contributed by atoms with Crippen LogP contribution in [0.5, 0.6) is 0 Å². The molecule has 9 aromatic rings. The maximum atomic E-state index is 2.81. The van der Waals surface area contributed by atoms with Gasteiger partial charge in [0.25, 0.3) is 6.71 Å². The summed E-state index contributed by atoms with van der Waals surface area (Å²) in [6, 6.07) is 81.2. The minimum absolute atomic E-state index is 0.0296. The highest BCUT2D eigenvalue weighted by Gasteiger charge is 2.61. The quantitative estimate of drug-likeness (QED) is 0.154. The van der Waals surface area contributed by atoms with Crippen LogP contribution in [0.3, 0.4) is 0 Å². The zero-order valence-corrected chi connectivity index (χ0v) is 43.5. The summed E-state index contributed by atoms with van der Waals surface area (Å²) in [6.45, 7) is 16.6. The average molecular weight is 946 g/mol. The van der Waals surface area contributed by atoms with Gasteiger partial charge < -0.3 is 14.7 Å². The van der Waals surface area contributed by atoms with Crippen molar-refractivity contribution in [1.82, 2.24) is 0 Å². The van der Waals surface area contributed by atoms with E-state index < -0.39 is 0 Å². The van der Waals surface area contributed by atoms with Crippen molar-refractivity contribution in [2.75, 3.05) is 14.7 Å². The summed E-state index contributed by atoms with van der Waals surface area (Å²) < 4.78 is 0. The fourth-order valence-corrected chi connectivity index (χ4v) is 13.6. The Morgan fingerprint density at radius 1 is 0.397 bits per heavy atom. The van der Waals surface area contributed by atoms with Crippen molar-refractivity contribution in [3.8, 4) is 22.3 Å². The molecule has 13 rings (SSSR count). The Morgan fingerprint density at radius 2 is 0.918 bits per heavy atom. The number of anilines is 8. The Hall–Kier alpha value is -7.56. The summed E-state index contributed by atoms with van der Waals surface area (Å²) in [4.78, 5) is 8.08. The molecule has 2 unspecified atom stereocenters. The van der Waals surface area contributed by atoms with Crippen LogP contribution in [0.2, 0.25) is 0 Å². The minimum Gasteiger partial charge on any atom is -0.334 e. The van der Waals surface area contributed by atoms with Gasteiger partial charge in [-0.15, -0.1) is 0 Å². The van der Waals surface area contributed by atoms with Crippen molar-refractivity contribution >= 4 is 68.6 Å². The predicted octanol–water partition coefficient (Wildman–Crippen LogP) is 16.5. The fourth-order valence-electron chi connectivity index (χ4n) is 13.6. The van der Waals surface area contributed by atoms with Gasteiger partial charge >= 0.3 is 0 Å². The lowest BCUT2D eigenvalue weighted by molar-refractivity contribution is 0.215. The second-order valence-corrected chi connectivity index (χ2v) is 23.5. The molecule has 1 saturated carbocycles. The van der Waals surface area contributed by atoms with Gasteiger partial charge in [-0.3, -0.25) is 0 Å². The topological polar surface area (TPSA) is 9.72 Å². The maximum Gasteiger partial charge on any atom is 0.252 e. The monoisotopic (exact) mass is 946 g/mol. The van der Waals surface area contributed by atoms with Crippen LogP contribution in [0.4, 0.5) is 45.5 Å². The first-order chi connectivity index (χ1) is 35.3. The van der Waals surface area contributed by atoms with E-state index in [1.165, 1.54) is 114 Å². The number of benzene rings is 9. The second-order valence-electron chi connectivity index (χ2n) is 23.5. The first-order valence-corrected chi connectivity index (χ1v) is 26.7. The van der Waals surface area contributed by atoms with E-state index >= 15 is 0 Å². The summed E-state index contributed by atoms with van der Waals surface area (Å²) in [6.07, 6.45) is 4.55. The molecule has 4 heteroatoms. The van der Waals surface area contributed by atoms with E-state index in [0.29, 0.717) is 0 Å². The smallest absolute Gasteiger partial charge is 0.252 e. The highest BCUT2D eigenvalue weighted by molar-refractivity contribution is 7.00. The van der Waals surface area contributed by atoms with E-state index in [0.717, 1.165) is 18.5 Å². The van der Waals surface area contributed by atoms with Gasteiger partial charge in [0.2, 0.25) is 0 Å². The average Bonchev–Trinajstić information content (AvgIpc) is 3.66. The van der Waals surface area contributed by atoms with Gasteiger partial charge in [-0.2, -0.15) is 0 Å². The van der Waals surface area contributed by atoms with Crippen LogP contribution >= 0.6 is 0 Å². The van der Waals surface area contributed by atoms with Crippen molar-refractivity contribution in [2.24, 2.45) is 0 Å². The van der Waals surface area contributed by atoms with Gasteiger partial charge in [-0.05, 0) is 146 Å². The molecular weight excluding hydrogens is 882 g/mol. The van der Waals surface area contributed by atoms with E-state index in [1.807, 2.05) is 0 Å². The van der Waals surface area contributed by atoms with E-state index in [9.17, 15) is 0 Å². The summed E-state index contributed by atoms with van der Waals surface area (Å²) in [5, 5.41) is 0. The summed E-state index contributed by atoms with van der Waals surface area (Å²) in [7, 11) is 0. The highest BCUT2D eigenvalue weighted by atomic mass is 15.3. The molecule has 73 heavy (non-hydrogen) atoms. The molecule has 3 nitrogen and oxygen atoms in total. The van der Waals surface area contributed by atoms with Crippen LogP contribution in [0.1, 0.15) is 96.4 Å². The molecule has 0 amide bonds. The molecule has 9 aromatic carbocycles. The molecule has 0 bridgehead atoms. The van der Waals surface area contributed by atoms with E-state index in [2.05, 4.69) is 275 Å². The fraction of sp³-hybridized carbons (Fsp3) is 0.217. The zero-order valence-electron chi connectivity index (χ0n) is 43.5. The Kier molecular flexibility index (Phi) is 10.4. The molecule has 1 fully saturated rings. The first kappa shape index (κ1) is 45.3. The summed E-state index contributed by atoms with van der Waals surface area (Å²) >= 11 is 0. The second kappa shape index (κ2) is 16.8. The third kappa shape index (κ3) is 7.00. The Balaban J connectivity index is 1.16. The van der Waals surface area contributed by atoms with Gasteiger partial charge in [-0.25, -0.2) is 0 Å². The molecule has 4 aliphatic rings. The molecule has 0 aromatic heterocycles. The Morgan fingerprint density at radius 3 is 1.58 bits per heavy atom. The van der Waals surface area contributed by atoms with Crippen molar-refractivity contribution < 1.29 is 0 Å². The Bertz CT molecular complexity index is 3590. The number of rotatable bonds is 6. The van der Waals surface area contributed by atoms with Crippen LogP contribution in [-0.4, -0.2) is 12.3 Å². The SMILES string of the molecule is CC(C)(C)c1cccc(N2c3cc(C(C)(C)C)ccc3B3c4ccc(-c5ccccc5)cc4N(c4cccc(-c5ccccc5)c4)c4cc(N5c6ccccc6C6(c7ccccc7)CCCCC56C)cc2c43)c1. The molecule has 3 aliphatic heterocycles. The molecule has 0 N–H and O–H groups in total. The summed E-state index contributed by atoms with van der Waals surface area (Å²) in [5.74, 6) is 0. The van der Waals surface area contributed by atoms with Crippen molar-refractivity contribution in [3.63, 3.8) is 0 Å². The largest absolute Gasteiger partial charge is 0.334 e. The molecule has 0 spiro atoms. The predicted molar refractivity (Wildman–Crippen MR) is 311 cm³/mol. The van der Waals surface area contributed by atoms with Crippen LogP contribution < -0.4 is 31.1 Å². The molecule has 358 valence electrons. The number of para-hydroxylation sites is 1. The van der Waals surface area contributed by atoms with Gasteiger partial charge in [0.05, 0.1) is 5.54 Å². The van der Waals surface area contributed by atoms with Gasteiger partial charge in [0.1, 0.15) is 0 Å². The first-order valence-electron chi connectivity index (χ1n) is 26.7. The highest BCUT2D eigenvalue weighted by Crippen LogP contribution is 2.64. The Labute approximate surface area is 433 Å². The zero-order chi connectivity index (χ0) is 49.9. The van der Waals surface area contributed by atoms with Crippen molar-refractivity contribution in [3.05, 3.63) is 235 Å². The normalized spacial score (nSPS) is 18.7. The number of nitrogens with zero attached hydrogens (tertiary/aromatic N) is 3. The van der Waals surface area contributed by atoms with E-state index in [-0.39, 0.29) is 28.5 Å². The third-order valence-electron chi connectivity index (χ3n) is 17.2. The van der Waals surface area contributed by atoms with Crippen molar-refractivity contribution in [2.45, 2.75) is 95.9 Å². The third-order valence-corrected chi connectivity index (χ3v) is 17.2. The lowest BCUT2D eigenvalue weighted by Crippen LogP contribution is -2.61. The molecule has 0 radical (unpaired) electrons. The van der Waals surface area contributed by atoms with Crippen LogP contribution in [0.15, 0.2) is 212 Å². The van der Waals surface area contributed by atoms with Crippen LogP contribution in [0, 0.1) is 0 Å². The number of hydrogen-bond donors (Lipinski definition) is 0. The minimum atomic E-state index is -0.259. The molecular formula is C69H64BN3. The van der Waals surface area contributed by atoms with E-state index in [1.54, 1.807) is 0 Å². The van der Waals surface area contributed by atoms with Gasteiger partial charge in [0.15, 0.2) is 0 Å². The van der Waals surface area contributed by atoms with Crippen LogP contribution in [0.25, 0.3) is 22.3 Å². The number of fused-ring (bicyclic) bond motifs is 7. The number of hydrogen-bond acceptors (Lipinski definition) is 3. The molecule has 0 saturated heterocycles.